The van der Waals surface area contributed by atoms with E-state index in [1.54, 1.807) is 6.07 Å². The number of rotatable bonds is 4. The highest BCUT2D eigenvalue weighted by Gasteiger charge is 2.10. The van der Waals surface area contributed by atoms with Gasteiger partial charge in [0.2, 0.25) is 11.8 Å². The fourth-order valence-electron chi connectivity index (χ4n) is 1.08. The molecule has 0 aliphatic rings. The normalized spacial score (nSPS) is 11.7. The Morgan fingerprint density at radius 2 is 2.18 bits per heavy atom. The molecule has 0 aromatic heterocycles. The number of carbonyl (C=O) groups excluding carboxylic acids is 2. The van der Waals surface area contributed by atoms with Gasteiger partial charge < -0.3 is 10.6 Å². The summed E-state index contributed by atoms with van der Waals surface area (Å²) >= 11 is 5.50. The van der Waals surface area contributed by atoms with Crippen LogP contribution in [0.5, 0.6) is 0 Å². The SMILES string of the molecule is CC(Cl)C(=O)NCC(=O)Nc1cccc(F)c1. The molecule has 6 heteroatoms. The molecule has 4 nitrogen and oxygen atoms in total. The van der Waals surface area contributed by atoms with Crippen LogP contribution >= 0.6 is 11.6 Å². The molecule has 1 aromatic rings. The summed E-state index contributed by atoms with van der Waals surface area (Å²) in [5, 5.41) is 4.08. The highest BCUT2D eigenvalue weighted by atomic mass is 35.5. The molecular formula is C11H12ClFN2O2. The molecule has 1 rings (SSSR count). The minimum Gasteiger partial charge on any atom is -0.346 e. The summed E-state index contributed by atoms with van der Waals surface area (Å²) in [5.74, 6) is -1.32. The average molecular weight is 259 g/mol. The van der Waals surface area contributed by atoms with Gasteiger partial charge in [0.05, 0.1) is 6.54 Å². The third-order valence-corrected chi connectivity index (χ3v) is 2.09. The molecule has 0 aliphatic carbocycles. The number of nitrogens with one attached hydrogen (secondary N) is 2. The maximum absolute atomic E-state index is 12.8. The van der Waals surface area contributed by atoms with E-state index in [0.717, 1.165) is 0 Å². The second-order valence-corrected chi connectivity index (χ2v) is 4.05. The molecule has 92 valence electrons. The Hall–Kier alpha value is -1.62. The minimum atomic E-state index is -0.697. The maximum atomic E-state index is 12.8. The molecule has 0 aliphatic heterocycles. The van der Waals surface area contributed by atoms with Crippen LogP contribution in [-0.2, 0) is 9.59 Å². The Morgan fingerprint density at radius 3 is 2.76 bits per heavy atom. The van der Waals surface area contributed by atoms with Gasteiger partial charge in [-0.2, -0.15) is 0 Å². The summed E-state index contributed by atoms with van der Waals surface area (Å²) in [6.45, 7) is 1.30. The van der Waals surface area contributed by atoms with Crippen LogP contribution in [0.2, 0.25) is 0 Å². The first-order valence-corrected chi connectivity index (χ1v) is 5.40. The molecule has 1 atom stereocenters. The molecule has 17 heavy (non-hydrogen) atoms. The molecule has 2 amide bonds. The van der Waals surface area contributed by atoms with Gasteiger partial charge >= 0.3 is 0 Å². The zero-order chi connectivity index (χ0) is 12.8. The summed E-state index contributed by atoms with van der Waals surface area (Å²) in [6.07, 6.45) is 0. The smallest absolute Gasteiger partial charge is 0.243 e. The summed E-state index contributed by atoms with van der Waals surface area (Å²) in [4.78, 5) is 22.4. The molecule has 0 saturated carbocycles. The van der Waals surface area contributed by atoms with Crippen molar-refractivity contribution in [1.29, 1.82) is 0 Å². The fourth-order valence-corrected chi connectivity index (χ4v) is 1.16. The fraction of sp³-hybridized carbons (Fsp3) is 0.273. The number of alkyl halides is 1. The molecule has 1 unspecified atom stereocenters. The topological polar surface area (TPSA) is 58.2 Å². The van der Waals surface area contributed by atoms with Gasteiger partial charge in [-0.25, -0.2) is 4.39 Å². The van der Waals surface area contributed by atoms with Crippen molar-refractivity contribution < 1.29 is 14.0 Å². The van der Waals surface area contributed by atoms with Gasteiger partial charge in [-0.1, -0.05) is 6.07 Å². The van der Waals surface area contributed by atoms with E-state index in [2.05, 4.69) is 10.6 Å². The van der Waals surface area contributed by atoms with Crippen LogP contribution in [-0.4, -0.2) is 23.7 Å². The molecule has 0 spiro atoms. The Bertz CT molecular complexity index is 424. The summed E-state index contributed by atoms with van der Waals surface area (Å²) < 4.78 is 12.8. The lowest BCUT2D eigenvalue weighted by atomic mass is 10.3. The Balaban J connectivity index is 2.43. The summed E-state index contributed by atoms with van der Waals surface area (Å²) in [6, 6.07) is 5.48. The second kappa shape index (κ2) is 6.20. The number of amides is 2. The van der Waals surface area contributed by atoms with Gasteiger partial charge in [0.1, 0.15) is 11.2 Å². The van der Waals surface area contributed by atoms with Gasteiger partial charge in [0, 0.05) is 5.69 Å². The molecule has 0 fully saturated rings. The van der Waals surface area contributed by atoms with E-state index in [1.165, 1.54) is 25.1 Å². The number of halogens is 2. The zero-order valence-electron chi connectivity index (χ0n) is 9.17. The van der Waals surface area contributed by atoms with Crippen LogP contribution in [0.1, 0.15) is 6.92 Å². The zero-order valence-corrected chi connectivity index (χ0v) is 9.92. The van der Waals surface area contributed by atoms with Crippen molar-refractivity contribution in [3.05, 3.63) is 30.1 Å². The van der Waals surface area contributed by atoms with Crippen molar-refractivity contribution >= 4 is 29.1 Å². The number of hydrogen-bond donors (Lipinski definition) is 2. The molecule has 0 saturated heterocycles. The largest absolute Gasteiger partial charge is 0.346 e. The highest BCUT2D eigenvalue weighted by Crippen LogP contribution is 2.08. The number of benzene rings is 1. The third-order valence-electron chi connectivity index (χ3n) is 1.89. The van der Waals surface area contributed by atoms with Crippen molar-refractivity contribution in [3.8, 4) is 0 Å². The van der Waals surface area contributed by atoms with Gasteiger partial charge in [-0.05, 0) is 25.1 Å². The third kappa shape index (κ3) is 4.82. The van der Waals surface area contributed by atoms with E-state index in [0.29, 0.717) is 5.69 Å². The second-order valence-electron chi connectivity index (χ2n) is 3.39. The predicted molar refractivity (Wildman–Crippen MR) is 63.4 cm³/mol. The average Bonchev–Trinajstić information content (AvgIpc) is 2.25. The Labute approximate surface area is 103 Å². The van der Waals surface area contributed by atoms with Gasteiger partial charge in [0.15, 0.2) is 0 Å². The van der Waals surface area contributed by atoms with Crippen molar-refractivity contribution in [2.24, 2.45) is 0 Å². The van der Waals surface area contributed by atoms with Crippen LogP contribution in [0.25, 0.3) is 0 Å². The molecular weight excluding hydrogens is 247 g/mol. The molecule has 0 bridgehead atoms. The lowest BCUT2D eigenvalue weighted by Gasteiger charge is -2.07. The molecule has 2 N–H and O–H groups in total. The van der Waals surface area contributed by atoms with Crippen LogP contribution in [0.15, 0.2) is 24.3 Å². The van der Waals surface area contributed by atoms with Crippen LogP contribution < -0.4 is 10.6 Å². The highest BCUT2D eigenvalue weighted by molar-refractivity contribution is 6.30. The minimum absolute atomic E-state index is 0.202. The van der Waals surface area contributed by atoms with Gasteiger partial charge in [0.25, 0.3) is 0 Å². The van der Waals surface area contributed by atoms with Crippen molar-refractivity contribution in [2.45, 2.75) is 12.3 Å². The quantitative estimate of drug-likeness (QED) is 0.805. The predicted octanol–water partition coefficient (Wildman–Crippen LogP) is 1.51. The van der Waals surface area contributed by atoms with Crippen LogP contribution in [0.3, 0.4) is 0 Å². The standard InChI is InChI=1S/C11H12ClFN2O2/c1-7(12)11(17)14-6-10(16)15-9-4-2-3-8(13)5-9/h2-5,7H,6H2,1H3,(H,14,17)(H,15,16). The summed E-state index contributed by atoms with van der Waals surface area (Å²) in [7, 11) is 0. The first-order chi connectivity index (χ1) is 7.99. The van der Waals surface area contributed by atoms with Gasteiger partial charge in [-0.3, -0.25) is 9.59 Å². The Morgan fingerprint density at radius 1 is 1.47 bits per heavy atom. The van der Waals surface area contributed by atoms with Crippen LogP contribution in [0.4, 0.5) is 10.1 Å². The van der Waals surface area contributed by atoms with E-state index in [9.17, 15) is 14.0 Å². The number of carbonyl (C=O) groups is 2. The van der Waals surface area contributed by atoms with Gasteiger partial charge in [-0.15, -0.1) is 11.6 Å². The monoisotopic (exact) mass is 258 g/mol. The lowest BCUT2D eigenvalue weighted by molar-refractivity contribution is -0.123. The van der Waals surface area contributed by atoms with E-state index in [1.807, 2.05) is 0 Å². The molecule has 0 heterocycles. The van der Waals surface area contributed by atoms with E-state index >= 15 is 0 Å². The lowest BCUT2D eigenvalue weighted by Crippen LogP contribution is -2.36. The van der Waals surface area contributed by atoms with Crippen molar-refractivity contribution in [2.75, 3.05) is 11.9 Å². The van der Waals surface area contributed by atoms with E-state index in [-0.39, 0.29) is 6.54 Å². The maximum Gasteiger partial charge on any atom is 0.243 e. The molecule has 0 radical (unpaired) electrons. The van der Waals surface area contributed by atoms with Crippen LogP contribution in [0, 0.1) is 5.82 Å². The van der Waals surface area contributed by atoms with Crippen molar-refractivity contribution in [3.63, 3.8) is 0 Å². The van der Waals surface area contributed by atoms with E-state index < -0.39 is 23.0 Å². The van der Waals surface area contributed by atoms with E-state index in [4.69, 9.17) is 11.6 Å². The number of hydrogen-bond acceptors (Lipinski definition) is 2. The first kappa shape index (κ1) is 13.4. The number of anilines is 1. The Kier molecular flexibility index (Phi) is 4.90. The summed E-state index contributed by atoms with van der Waals surface area (Å²) in [5.41, 5.74) is 0.336. The molecule has 1 aromatic carbocycles. The van der Waals surface area contributed by atoms with Crippen molar-refractivity contribution in [1.82, 2.24) is 5.32 Å². The first-order valence-electron chi connectivity index (χ1n) is 4.96.